The summed E-state index contributed by atoms with van der Waals surface area (Å²) in [4.78, 5) is 19.6. The molecule has 5 heteroatoms. The molecule has 0 aromatic carbocycles. The number of alkyl halides is 1. The van der Waals surface area contributed by atoms with Crippen molar-refractivity contribution in [1.82, 2.24) is 0 Å². The number of carbonyl (C=O) groups is 2. The number of hydrogen-bond acceptors (Lipinski definition) is 2. The summed E-state index contributed by atoms with van der Waals surface area (Å²) in [5.74, 6) is -1.51. The lowest BCUT2D eigenvalue weighted by Gasteiger charge is -2.16. The summed E-state index contributed by atoms with van der Waals surface area (Å²) < 4.78 is 0. The van der Waals surface area contributed by atoms with Crippen molar-refractivity contribution in [2.75, 3.05) is 0 Å². The first kappa shape index (κ1) is 11.2. The van der Waals surface area contributed by atoms with E-state index in [9.17, 15) is 9.59 Å². The Morgan fingerprint density at radius 2 is 2.08 bits per heavy atom. The number of hydrogen-bond donors (Lipinski definition) is 2. The van der Waals surface area contributed by atoms with Crippen molar-refractivity contribution in [3.05, 3.63) is 0 Å². The molecular formula is C7H12ClNO3. The molecule has 0 aromatic rings. The molecule has 12 heavy (non-hydrogen) atoms. The second kappa shape index (κ2) is 4.30. The monoisotopic (exact) mass is 193 g/mol. The van der Waals surface area contributed by atoms with Gasteiger partial charge in [0.05, 0.1) is 0 Å². The fraction of sp³-hybridized carbons (Fsp3) is 0.714. The van der Waals surface area contributed by atoms with Crippen LogP contribution in [0.5, 0.6) is 0 Å². The van der Waals surface area contributed by atoms with Gasteiger partial charge >= 0.3 is 5.97 Å². The third-order valence-electron chi connectivity index (χ3n) is 1.55. The van der Waals surface area contributed by atoms with E-state index in [4.69, 9.17) is 22.4 Å². The molecular weight excluding hydrogens is 182 g/mol. The van der Waals surface area contributed by atoms with Gasteiger partial charge in [0.2, 0.25) is 5.91 Å². The van der Waals surface area contributed by atoms with Gasteiger partial charge in [0, 0.05) is 6.42 Å². The third-order valence-corrected chi connectivity index (χ3v) is 1.93. The van der Waals surface area contributed by atoms with Gasteiger partial charge in [-0.3, -0.25) is 9.59 Å². The highest BCUT2D eigenvalue weighted by atomic mass is 35.5. The summed E-state index contributed by atoms with van der Waals surface area (Å²) >= 11 is 5.69. The number of carboxylic acid groups (broad SMARTS) is 1. The van der Waals surface area contributed by atoms with Crippen molar-refractivity contribution in [3.8, 4) is 0 Å². The second-order valence-corrected chi connectivity index (χ2v) is 3.64. The Labute approximate surface area is 75.7 Å². The molecule has 0 aromatic heterocycles. The molecule has 0 saturated carbocycles. The standard InChI is InChI=1S/C7H12ClNO3/c1-7(8,6(9)12)4-2-3-5(10)11/h2-4H2,1H3,(H2,9,12)(H,10,11). The number of rotatable bonds is 5. The number of carboxylic acids is 1. The van der Waals surface area contributed by atoms with Crippen LogP contribution in [-0.2, 0) is 9.59 Å². The summed E-state index contributed by atoms with van der Waals surface area (Å²) in [6.07, 6.45) is 0.657. The molecule has 0 spiro atoms. The third kappa shape index (κ3) is 4.18. The maximum absolute atomic E-state index is 10.6. The minimum absolute atomic E-state index is 0.00951. The van der Waals surface area contributed by atoms with Crippen LogP contribution >= 0.6 is 11.6 Å². The molecule has 0 heterocycles. The van der Waals surface area contributed by atoms with Crippen molar-refractivity contribution in [2.24, 2.45) is 5.73 Å². The summed E-state index contributed by atoms with van der Waals surface area (Å²) in [6, 6.07) is 0. The zero-order chi connectivity index (χ0) is 9.78. The maximum Gasteiger partial charge on any atom is 0.303 e. The molecule has 0 aliphatic heterocycles. The molecule has 0 saturated heterocycles. The molecule has 0 bridgehead atoms. The molecule has 1 amide bonds. The van der Waals surface area contributed by atoms with Crippen LogP contribution < -0.4 is 5.73 Å². The highest BCUT2D eigenvalue weighted by molar-refractivity contribution is 6.34. The lowest BCUT2D eigenvalue weighted by molar-refractivity contribution is -0.137. The largest absolute Gasteiger partial charge is 0.481 e. The molecule has 1 atom stereocenters. The highest BCUT2D eigenvalue weighted by Gasteiger charge is 2.27. The molecule has 0 aliphatic carbocycles. The highest BCUT2D eigenvalue weighted by Crippen LogP contribution is 2.21. The van der Waals surface area contributed by atoms with E-state index in [0.717, 1.165) is 0 Å². The van der Waals surface area contributed by atoms with Crippen LogP contribution in [0.2, 0.25) is 0 Å². The van der Waals surface area contributed by atoms with Crippen LogP contribution in [0.3, 0.4) is 0 Å². The molecule has 0 radical (unpaired) electrons. The Bertz CT molecular complexity index is 191. The maximum atomic E-state index is 10.6. The normalized spacial score (nSPS) is 15.2. The van der Waals surface area contributed by atoms with Gasteiger partial charge in [0.25, 0.3) is 0 Å². The Morgan fingerprint density at radius 3 is 2.42 bits per heavy atom. The van der Waals surface area contributed by atoms with Crippen LogP contribution in [0.15, 0.2) is 0 Å². The second-order valence-electron chi connectivity index (χ2n) is 2.81. The first-order valence-corrected chi connectivity index (χ1v) is 3.94. The van der Waals surface area contributed by atoms with Crippen molar-refractivity contribution in [2.45, 2.75) is 31.1 Å². The van der Waals surface area contributed by atoms with E-state index in [1.54, 1.807) is 0 Å². The summed E-state index contributed by atoms with van der Waals surface area (Å²) in [5.41, 5.74) is 4.97. The van der Waals surface area contributed by atoms with Crippen LogP contribution in [0.4, 0.5) is 0 Å². The number of aliphatic carboxylic acids is 1. The Hall–Kier alpha value is -0.770. The summed E-state index contributed by atoms with van der Waals surface area (Å²) in [7, 11) is 0. The van der Waals surface area contributed by atoms with E-state index >= 15 is 0 Å². The van der Waals surface area contributed by atoms with Crippen LogP contribution in [0, 0.1) is 0 Å². The molecule has 1 unspecified atom stereocenters. The van der Waals surface area contributed by atoms with Gasteiger partial charge in [-0.05, 0) is 19.8 Å². The van der Waals surface area contributed by atoms with Crippen molar-refractivity contribution >= 4 is 23.5 Å². The van der Waals surface area contributed by atoms with Gasteiger partial charge < -0.3 is 10.8 Å². The van der Waals surface area contributed by atoms with Crippen LogP contribution in [-0.4, -0.2) is 21.9 Å². The van der Waals surface area contributed by atoms with E-state index in [1.165, 1.54) is 6.92 Å². The van der Waals surface area contributed by atoms with Crippen molar-refractivity contribution < 1.29 is 14.7 Å². The summed E-state index contributed by atoms with van der Waals surface area (Å²) in [5, 5.41) is 8.29. The number of amides is 1. The minimum atomic E-state index is -1.12. The van der Waals surface area contributed by atoms with E-state index in [-0.39, 0.29) is 12.8 Å². The average Bonchev–Trinajstić information content (AvgIpc) is 1.85. The number of nitrogens with two attached hydrogens (primary N) is 1. The lowest BCUT2D eigenvalue weighted by atomic mass is 10.0. The number of carbonyl (C=O) groups excluding carboxylic acids is 1. The molecule has 0 aliphatic rings. The quantitative estimate of drug-likeness (QED) is 0.632. The first-order chi connectivity index (χ1) is 5.36. The lowest BCUT2D eigenvalue weighted by Crippen LogP contribution is -2.35. The topological polar surface area (TPSA) is 80.4 Å². The SMILES string of the molecule is CC(Cl)(CCCC(=O)O)C(N)=O. The zero-order valence-corrected chi connectivity index (χ0v) is 7.60. The van der Waals surface area contributed by atoms with Gasteiger partial charge in [-0.1, -0.05) is 0 Å². The fourth-order valence-corrected chi connectivity index (χ4v) is 0.828. The van der Waals surface area contributed by atoms with E-state index in [1.807, 2.05) is 0 Å². The van der Waals surface area contributed by atoms with Gasteiger partial charge in [-0.25, -0.2) is 0 Å². The number of halogens is 1. The predicted octanol–water partition coefficient (Wildman–Crippen LogP) is 0.724. The zero-order valence-electron chi connectivity index (χ0n) is 6.84. The molecule has 0 rings (SSSR count). The van der Waals surface area contributed by atoms with Gasteiger partial charge in [-0.15, -0.1) is 11.6 Å². The molecule has 70 valence electrons. The minimum Gasteiger partial charge on any atom is -0.481 e. The molecule has 4 nitrogen and oxygen atoms in total. The van der Waals surface area contributed by atoms with Crippen LogP contribution in [0.25, 0.3) is 0 Å². The molecule has 0 fully saturated rings. The smallest absolute Gasteiger partial charge is 0.303 e. The van der Waals surface area contributed by atoms with E-state index in [2.05, 4.69) is 0 Å². The Balaban J connectivity index is 3.76. The van der Waals surface area contributed by atoms with Crippen LogP contribution in [0.1, 0.15) is 26.2 Å². The molecule has 3 N–H and O–H groups in total. The average molecular weight is 194 g/mol. The van der Waals surface area contributed by atoms with Gasteiger partial charge in [0.1, 0.15) is 4.87 Å². The van der Waals surface area contributed by atoms with Gasteiger partial charge in [0.15, 0.2) is 0 Å². The fourth-order valence-electron chi connectivity index (χ4n) is 0.695. The van der Waals surface area contributed by atoms with Crippen molar-refractivity contribution in [1.29, 1.82) is 0 Å². The predicted molar refractivity (Wildman–Crippen MR) is 44.9 cm³/mol. The summed E-state index contributed by atoms with van der Waals surface area (Å²) in [6.45, 7) is 1.48. The van der Waals surface area contributed by atoms with Crippen molar-refractivity contribution in [3.63, 3.8) is 0 Å². The Morgan fingerprint density at radius 1 is 1.58 bits per heavy atom. The first-order valence-electron chi connectivity index (χ1n) is 3.57. The number of primary amides is 1. The Kier molecular flexibility index (Phi) is 4.03. The van der Waals surface area contributed by atoms with Gasteiger partial charge in [-0.2, -0.15) is 0 Å². The van der Waals surface area contributed by atoms with E-state index in [0.29, 0.717) is 6.42 Å². The van der Waals surface area contributed by atoms with E-state index < -0.39 is 16.8 Å².